The van der Waals surface area contributed by atoms with Crippen LogP contribution in [-0.4, -0.2) is 55.1 Å². The molecule has 5 heteroatoms. The molecule has 1 fully saturated rings. The van der Waals surface area contributed by atoms with E-state index in [1.165, 1.54) is 12.1 Å². The third-order valence-electron chi connectivity index (χ3n) is 4.46. The van der Waals surface area contributed by atoms with Crippen molar-refractivity contribution in [2.45, 2.75) is 32.9 Å². The zero-order chi connectivity index (χ0) is 16.8. The predicted molar refractivity (Wildman–Crippen MR) is 88.5 cm³/mol. The Bertz CT molecular complexity index is 504. The lowest BCUT2D eigenvalue weighted by atomic mass is 10.0. The third kappa shape index (κ3) is 5.01. The average Bonchev–Trinajstić information content (AvgIpc) is 2.68. The zero-order valence-electron chi connectivity index (χ0n) is 14.3. The van der Waals surface area contributed by atoms with Crippen molar-refractivity contribution in [2.24, 2.45) is 5.92 Å². The Hall–Kier alpha value is -1.46. The number of carbonyl (C=O) groups excluding carboxylic acids is 1. The highest BCUT2D eigenvalue weighted by molar-refractivity contribution is 5.77. The molecule has 1 heterocycles. The minimum absolute atomic E-state index is 0.159. The molecule has 1 saturated heterocycles. The van der Waals surface area contributed by atoms with Gasteiger partial charge in [-0.25, -0.2) is 4.39 Å². The molecule has 0 radical (unpaired) electrons. The van der Waals surface area contributed by atoms with Crippen LogP contribution < -0.4 is 0 Å². The van der Waals surface area contributed by atoms with E-state index in [9.17, 15) is 9.18 Å². The topological polar surface area (TPSA) is 32.8 Å². The number of hydrogen-bond acceptors (Lipinski definition) is 3. The van der Waals surface area contributed by atoms with Gasteiger partial charge in [-0.2, -0.15) is 0 Å². The first-order valence-electron chi connectivity index (χ1n) is 8.26. The summed E-state index contributed by atoms with van der Waals surface area (Å²) >= 11 is 0. The molecule has 1 amide bonds. The Labute approximate surface area is 138 Å². The summed E-state index contributed by atoms with van der Waals surface area (Å²) < 4.78 is 18.2. The first kappa shape index (κ1) is 17.9. The summed E-state index contributed by atoms with van der Waals surface area (Å²) in [6, 6.07) is 6.58. The molecule has 1 aromatic carbocycles. The van der Waals surface area contributed by atoms with Gasteiger partial charge in [-0.3, -0.25) is 9.69 Å². The molecule has 0 saturated carbocycles. The van der Waals surface area contributed by atoms with Gasteiger partial charge in [0, 0.05) is 45.8 Å². The lowest BCUT2D eigenvalue weighted by Gasteiger charge is -2.34. The van der Waals surface area contributed by atoms with E-state index in [0.717, 1.165) is 25.2 Å². The molecule has 0 aliphatic carbocycles. The van der Waals surface area contributed by atoms with Crippen LogP contribution in [0.15, 0.2) is 24.3 Å². The molecular formula is C18H27FN2O2. The number of carbonyl (C=O) groups is 1. The van der Waals surface area contributed by atoms with Gasteiger partial charge in [0.05, 0.1) is 6.61 Å². The molecule has 1 aromatic rings. The van der Waals surface area contributed by atoms with Crippen LogP contribution in [0, 0.1) is 11.7 Å². The van der Waals surface area contributed by atoms with E-state index in [1.54, 1.807) is 19.2 Å². The molecule has 128 valence electrons. The van der Waals surface area contributed by atoms with E-state index in [2.05, 4.69) is 18.7 Å². The number of hydrogen-bond donors (Lipinski definition) is 0. The standard InChI is InChI=1S/C18H27FN2O2/c1-14(2)17-13-20(10-11-23-3)9-8-18(22)21(17)12-15-4-6-16(19)7-5-15/h4-7,14,17H,8-13H2,1-3H3. The molecule has 0 spiro atoms. The van der Waals surface area contributed by atoms with Crippen LogP contribution in [-0.2, 0) is 16.1 Å². The molecule has 1 aliphatic heterocycles. The molecule has 0 aromatic heterocycles. The molecule has 23 heavy (non-hydrogen) atoms. The third-order valence-corrected chi connectivity index (χ3v) is 4.46. The van der Waals surface area contributed by atoms with Crippen molar-refractivity contribution in [2.75, 3.05) is 33.4 Å². The van der Waals surface area contributed by atoms with Gasteiger partial charge < -0.3 is 9.64 Å². The zero-order valence-corrected chi connectivity index (χ0v) is 14.3. The number of benzene rings is 1. The first-order chi connectivity index (χ1) is 11.0. The molecule has 4 nitrogen and oxygen atoms in total. The van der Waals surface area contributed by atoms with E-state index in [4.69, 9.17) is 4.74 Å². The van der Waals surface area contributed by atoms with Crippen LogP contribution in [0.4, 0.5) is 4.39 Å². The summed E-state index contributed by atoms with van der Waals surface area (Å²) in [5.74, 6) is 0.289. The molecular weight excluding hydrogens is 295 g/mol. The van der Waals surface area contributed by atoms with E-state index in [0.29, 0.717) is 25.5 Å². The highest BCUT2D eigenvalue weighted by Crippen LogP contribution is 2.21. The fourth-order valence-corrected chi connectivity index (χ4v) is 3.02. The van der Waals surface area contributed by atoms with E-state index < -0.39 is 0 Å². The monoisotopic (exact) mass is 322 g/mol. The first-order valence-corrected chi connectivity index (χ1v) is 8.26. The van der Waals surface area contributed by atoms with Crippen molar-refractivity contribution >= 4 is 5.91 Å². The number of rotatable bonds is 6. The summed E-state index contributed by atoms with van der Waals surface area (Å²) in [5.41, 5.74) is 0.968. The van der Waals surface area contributed by atoms with Crippen LogP contribution in [0.3, 0.4) is 0 Å². The summed E-state index contributed by atoms with van der Waals surface area (Å²) in [6.45, 7) is 7.98. The Morgan fingerprint density at radius 2 is 2.00 bits per heavy atom. The van der Waals surface area contributed by atoms with Crippen molar-refractivity contribution in [3.63, 3.8) is 0 Å². The minimum atomic E-state index is -0.248. The van der Waals surface area contributed by atoms with Crippen LogP contribution in [0.5, 0.6) is 0 Å². The quantitative estimate of drug-likeness (QED) is 0.807. The molecule has 1 atom stereocenters. The number of methoxy groups -OCH3 is 1. The Kier molecular flexibility index (Phi) is 6.54. The van der Waals surface area contributed by atoms with Gasteiger partial charge in [0.15, 0.2) is 0 Å². The van der Waals surface area contributed by atoms with Gasteiger partial charge in [0.25, 0.3) is 0 Å². The molecule has 2 rings (SSSR count). The second-order valence-electron chi connectivity index (χ2n) is 6.50. The summed E-state index contributed by atoms with van der Waals surface area (Å²) in [6.07, 6.45) is 0.522. The van der Waals surface area contributed by atoms with Crippen molar-refractivity contribution in [3.05, 3.63) is 35.6 Å². The van der Waals surface area contributed by atoms with E-state index >= 15 is 0 Å². The van der Waals surface area contributed by atoms with Gasteiger partial charge in [0.1, 0.15) is 5.82 Å². The van der Waals surface area contributed by atoms with Crippen LogP contribution in [0.1, 0.15) is 25.8 Å². The van der Waals surface area contributed by atoms with Crippen molar-refractivity contribution in [1.82, 2.24) is 9.80 Å². The fourth-order valence-electron chi connectivity index (χ4n) is 3.02. The smallest absolute Gasteiger partial charge is 0.224 e. The molecule has 1 aliphatic rings. The summed E-state index contributed by atoms with van der Waals surface area (Å²) in [5, 5.41) is 0. The Morgan fingerprint density at radius 3 is 2.61 bits per heavy atom. The van der Waals surface area contributed by atoms with Crippen molar-refractivity contribution in [3.8, 4) is 0 Å². The maximum Gasteiger partial charge on any atom is 0.224 e. The average molecular weight is 322 g/mol. The van der Waals surface area contributed by atoms with Crippen LogP contribution in [0.2, 0.25) is 0 Å². The normalized spacial score (nSPS) is 20.1. The lowest BCUT2D eigenvalue weighted by Crippen LogP contribution is -2.46. The maximum absolute atomic E-state index is 13.1. The van der Waals surface area contributed by atoms with Gasteiger partial charge in [0.2, 0.25) is 5.91 Å². The SMILES string of the molecule is COCCN1CCC(=O)N(Cc2ccc(F)cc2)C(C(C)C)C1. The predicted octanol–water partition coefficient (Wildman–Crippen LogP) is 2.53. The van der Waals surface area contributed by atoms with Gasteiger partial charge in [-0.15, -0.1) is 0 Å². The summed E-state index contributed by atoms with van der Waals surface area (Å²) in [4.78, 5) is 16.9. The van der Waals surface area contributed by atoms with Gasteiger partial charge >= 0.3 is 0 Å². The number of nitrogens with zero attached hydrogens (tertiary/aromatic N) is 2. The lowest BCUT2D eigenvalue weighted by molar-refractivity contribution is -0.134. The van der Waals surface area contributed by atoms with Crippen molar-refractivity contribution < 1.29 is 13.9 Å². The van der Waals surface area contributed by atoms with Crippen LogP contribution in [0.25, 0.3) is 0 Å². The second-order valence-corrected chi connectivity index (χ2v) is 6.50. The number of amides is 1. The second kappa shape index (κ2) is 8.41. The van der Waals surface area contributed by atoms with Crippen molar-refractivity contribution in [1.29, 1.82) is 0 Å². The molecule has 0 N–H and O–H groups in total. The van der Waals surface area contributed by atoms with E-state index in [1.807, 2.05) is 4.90 Å². The Morgan fingerprint density at radius 1 is 1.30 bits per heavy atom. The van der Waals surface area contributed by atoms with Crippen LogP contribution >= 0.6 is 0 Å². The number of ether oxygens (including phenoxy) is 1. The summed E-state index contributed by atoms with van der Waals surface area (Å²) in [7, 11) is 1.70. The Balaban J connectivity index is 2.13. The van der Waals surface area contributed by atoms with Gasteiger partial charge in [-0.1, -0.05) is 26.0 Å². The molecule has 0 bridgehead atoms. The maximum atomic E-state index is 13.1. The largest absolute Gasteiger partial charge is 0.383 e. The molecule has 1 unspecified atom stereocenters. The number of halogens is 1. The highest BCUT2D eigenvalue weighted by Gasteiger charge is 2.31. The highest BCUT2D eigenvalue weighted by atomic mass is 19.1. The van der Waals surface area contributed by atoms with Gasteiger partial charge in [-0.05, 0) is 23.6 Å². The van der Waals surface area contributed by atoms with E-state index in [-0.39, 0.29) is 17.8 Å². The minimum Gasteiger partial charge on any atom is -0.383 e. The fraction of sp³-hybridized carbons (Fsp3) is 0.611.